The van der Waals surface area contributed by atoms with Gasteiger partial charge in [0.25, 0.3) is 5.91 Å². The number of rotatable bonds is 4. The number of hydrogen-bond acceptors (Lipinski definition) is 4. The minimum Gasteiger partial charge on any atom is -0.399 e. The van der Waals surface area contributed by atoms with Crippen molar-refractivity contribution in [2.24, 2.45) is 0 Å². The van der Waals surface area contributed by atoms with Crippen LogP contribution in [0.4, 0.5) is 5.69 Å². The van der Waals surface area contributed by atoms with Gasteiger partial charge in [-0.15, -0.1) is 11.3 Å². The molecule has 2 aromatic rings. The summed E-state index contributed by atoms with van der Waals surface area (Å²) in [5.74, 6) is 0.0257. The summed E-state index contributed by atoms with van der Waals surface area (Å²) in [6, 6.07) is 8.18. The number of nitrogens with zero attached hydrogens (tertiary/aromatic N) is 1. The van der Waals surface area contributed by atoms with E-state index in [1.54, 1.807) is 0 Å². The van der Waals surface area contributed by atoms with Crippen LogP contribution < -0.4 is 11.1 Å². The lowest BCUT2D eigenvalue weighted by atomic mass is 10.2. The molecule has 1 saturated heterocycles. The first-order valence-electron chi connectivity index (χ1n) is 7.48. The highest BCUT2D eigenvalue weighted by Gasteiger charge is 2.23. The Labute approximate surface area is 128 Å². The zero-order valence-electron chi connectivity index (χ0n) is 12.3. The van der Waals surface area contributed by atoms with Crippen molar-refractivity contribution in [3.8, 4) is 0 Å². The minimum atomic E-state index is 0.0257. The summed E-state index contributed by atoms with van der Waals surface area (Å²) >= 11 is 1.52. The van der Waals surface area contributed by atoms with Crippen LogP contribution in [-0.2, 0) is 0 Å². The molecule has 1 aromatic carbocycles. The second-order valence-corrected chi connectivity index (χ2v) is 6.63. The molecule has 1 unspecified atom stereocenters. The highest BCUT2D eigenvalue weighted by Crippen LogP contribution is 2.27. The molecule has 0 aliphatic carbocycles. The van der Waals surface area contributed by atoms with E-state index in [1.165, 1.54) is 24.2 Å². The average Bonchev–Trinajstić information content (AvgIpc) is 3.10. The van der Waals surface area contributed by atoms with Crippen LogP contribution >= 0.6 is 11.3 Å². The van der Waals surface area contributed by atoms with Crippen molar-refractivity contribution in [2.45, 2.75) is 25.8 Å². The summed E-state index contributed by atoms with van der Waals surface area (Å²) in [6.07, 6.45) is 2.41. The Bertz CT molecular complexity index is 652. The molecule has 0 spiro atoms. The SMILES string of the molecule is CCN1CCCC1CNC(=O)c1cc2cc(N)ccc2s1. The Morgan fingerprint density at radius 1 is 1.48 bits per heavy atom. The zero-order valence-corrected chi connectivity index (χ0v) is 13.1. The maximum atomic E-state index is 12.3. The number of nitrogen functional groups attached to an aromatic ring is 1. The van der Waals surface area contributed by atoms with E-state index in [9.17, 15) is 4.79 Å². The van der Waals surface area contributed by atoms with E-state index in [2.05, 4.69) is 17.1 Å². The summed E-state index contributed by atoms with van der Waals surface area (Å²) < 4.78 is 1.10. The first-order chi connectivity index (χ1) is 10.2. The smallest absolute Gasteiger partial charge is 0.261 e. The number of amides is 1. The molecule has 1 aliphatic rings. The van der Waals surface area contributed by atoms with Gasteiger partial charge in [0.05, 0.1) is 4.88 Å². The zero-order chi connectivity index (χ0) is 14.8. The van der Waals surface area contributed by atoms with E-state index < -0.39 is 0 Å². The van der Waals surface area contributed by atoms with Gasteiger partial charge in [-0.25, -0.2) is 0 Å². The third kappa shape index (κ3) is 3.04. The fourth-order valence-corrected chi connectivity index (χ4v) is 3.97. The summed E-state index contributed by atoms with van der Waals surface area (Å²) in [4.78, 5) is 15.5. The number of carbonyl (C=O) groups excluding carboxylic acids is 1. The fraction of sp³-hybridized carbons (Fsp3) is 0.438. The predicted molar refractivity (Wildman–Crippen MR) is 88.8 cm³/mol. The van der Waals surface area contributed by atoms with Crippen molar-refractivity contribution in [3.05, 3.63) is 29.1 Å². The topological polar surface area (TPSA) is 58.4 Å². The number of thiophene rings is 1. The molecule has 1 amide bonds. The number of fused-ring (bicyclic) bond motifs is 1. The third-order valence-corrected chi connectivity index (χ3v) is 5.28. The van der Waals surface area contributed by atoms with Gasteiger partial charge in [0.1, 0.15) is 0 Å². The Kier molecular flexibility index (Phi) is 4.12. The maximum Gasteiger partial charge on any atom is 0.261 e. The Morgan fingerprint density at radius 3 is 3.14 bits per heavy atom. The van der Waals surface area contributed by atoms with Crippen molar-refractivity contribution in [2.75, 3.05) is 25.4 Å². The van der Waals surface area contributed by atoms with Crippen LogP contribution in [0, 0.1) is 0 Å². The lowest BCUT2D eigenvalue weighted by Gasteiger charge is -2.22. The minimum absolute atomic E-state index is 0.0257. The van der Waals surface area contributed by atoms with Crippen LogP contribution in [0.15, 0.2) is 24.3 Å². The normalized spacial score (nSPS) is 19.2. The van der Waals surface area contributed by atoms with E-state index in [1.807, 2.05) is 24.3 Å². The number of nitrogens with two attached hydrogens (primary N) is 1. The third-order valence-electron chi connectivity index (χ3n) is 4.17. The Hall–Kier alpha value is -1.59. The van der Waals surface area contributed by atoms with E-state index in [4.69, 9.17) is 5.73 Å². The molecular weight excluding hydrogens is 282 g/mol. The molecule has 5 heteroatoms. The van der Waals surface area contributed by atoms with Crippen molar-refractivity contribution < 1.29 is 4.79 Å². The molecule has 21 heavy (non-hydrogen) atoms. The Morgan fingerprint density at radius 2 is 2.33 bits per heavy atom. The van der Waals surface area contributed by atoms with E-state index in [-0.39, 0.29) is 5.91 Å². The summed E-state index contributed by atoms with van der Waals surface area (Å²) in [6.45, 7) is 5.13. The average molecular weight is 303 g/mol. The van der Waals surface area contributed by atoms with Gasteiger partial charge in [0.15, 0.2) is 0 Å². The standard InChI is InChI=1S/C16H21N3OS/c1-2-19-7-3-4-13(19)10-18-16(20)15-9-11-8-12(17)5-6-14(11)21-15/h5-6,8-9,13H,2-4,7,10,17H2,1H3,(H,18,20). The van der Waals surface area contributed by atoms with Crippen molar-refractivity contribution in [3.63, 3.8) is 0 Å². The van der Waals surface area contributed by atoms with Gasteiger partial charge in [0.2, 0.25) is 0 Å². The van der Waals surface area contributed by atoms with E-state index in [0.29, 0.717) is 6.04 Å². The molecule has 1 aromatic heterocycles. The molecule has 3 N–H and O–H groups in total. The molecule has 4 nitrogen and oxygen atoms in total. The van der Waals surface area contributed by atoms with Crippen LogP contribution in [0.5, 0.6) is 0 Å². The maximum absolute atomic E-state index is 12.3. The molecule has 2 heterocycles. The van der Waals surface area contributed by atoms with E-state index in [0.717, 1.165) is 40.3 Å². The lowest BCUT2D eigenvalue weighted by molar-refractivity contribution is 0.0945. The van der Waals surface area contributed by atoms with Gasteiger partial charge in [0, 0.05) is 23.0 Å². The van der Waals surface area contributed by atoms with Crippen LogP contribution in [0.1, 0.15) is 29.4 Å². The highest BCUT2D eigenvalue weighted by molar-refractivity contribution is 7.20. The first kappa shape index (κ1) is 14.4. The molecular formula is C16H21N3OS. The summed E-state index contributed by atoms with van der Waals surface area (Å²) in [5.41, 5.74) is 6.51. The van der Waals surface area contributed by atoms with Crippen LogP contribution in [0.25, 0.3) is 10.1 Å². The van der Waals surface area contributed by atoms with Crippen molar-refractivity contribution in [1.29, 1.82) is 0 Å². The number of hydrogen-bond donors (Lipinski definition) is 2. The molecule has 1 atom stereocenters. The second kappa shape index (κ2) is 6.03. The molecule has 3 rings (SSSR count). The van der Waals surface area contributed by atoms with Crippen LogP contribution in [0.3, 0.4) is 0 Å². The Balaban J connectivity index is 1.66. The van der Waals surface area contributed by atoms with Gasteiger partial charge >= 0.3 is 0 Å². The molecule has 0 saturated carbocycles. The van der Waals surface area contributed by atoms with Gasteiger partial charge in [-0.3, -0.25) is 9.69 Å². The van der Waals surface area contributed by atoms with Crippen LogP contribution in [-0.4, -0.2) is 36.5 Å². The number of carbonyl (C=O) groups is 1. The number of likely N-dealkylation sites (N-methyl/N-ethyl adjacent to an activating group) is 1. The van der Waals surface area contributed by atoms with Crippen molar-refractivity contribution >= 4 is 33.0 Å². The molecule has 1 aliphatic heterocycles. The number of anilines is 1. The molecule has 1 fully saturated rings. The van der Waals surface area contributed by atoms with Crippen LogP contribution in [0.2, 0.25) is 0 Å². The largest absolute Gasteiger partial charge is 0.399 e. The second-order valence-electron chi connectivity index (χ2n) is 5.54. The predicted octanol–water partition coefficient (Wildman–Crippen LogP) is 2.70. The highest BCUT2D eigenvalue weighted by atomic mass is 32.1. The number of likely N-dealkylation sites (tertiary alicyclic amines) is 1. The van der Waals surface area contributed by atoms with E-state index >= 15 is 0 Å². The van der Waals surface area contributed by atoms with Gasteiger partial charge in [-0.05, 0) is 55.6 Å². The first-order valence-corrected chi connectivity index (χ1v) is 8.30. The monoisotopic (exact) mass is 303 g/mol. The summed E-state index contributed by atoms with van der Waals surface area (Å²) in [5, 5.41) is 4.12. The summed E-state index contributed by atoms with van der Waals surface area (Å²) in [7, 11) is 0. The molecule has 0 radical (unpaired) electrons. The quantitative estimate of drug-likeness (QED) is 0.854. The number of nitrogens with one attached hydrogen (secondary N) is 1. The van der Waals surface area contributed by atoms with Gasteiger partial charge < -0.3 is 11.1 Å². The van der Waals surface area contributed by atoms with Gasteiger partial charge in [-0.1, -0.05) is 6.92 Å². The molecule has 0 bridgehead atoms. The van der Waals surface area contributed by atoms with Gasteiger partial charge in [-0.2, -0.15) is 0 Å². The molecule has 112 valence electrons. The lowest BCUT2D eigenvalue weighted by Crippen LogP contribution is -2.39. The van der Waals surface area contributed by atoms with Crippen molar-refractivity contribution in [1.82, 2.24) is 10.2 Å². The number of benzene rings is 1. The fourth-order valence-electron chi connectivity index (χ4n) is 3.01.